The van der Waals surface area contributed by atoms with Gasteiger partial charge >= 0.3 is 0 Å². The third-order valence-electron chi connectivity index (χ3n) is 8.74. The predicted octanol–water partition coefficient (Wildman–Crippen LogP) is 6.67. The summed E-state index contributed by atoms with van der Waals surface area (Å²) in [4.78, 5) is 31.5. The fourth-order valence-electron chi connectivity index (χ4n) is 7.34. The number of amides is 1. The van der Waals surface area contributed by atoms with Crippen molar-refractivity contribution in [3.63, 3.8) is 0 Å². The molecular weight excluding hydrogens is 660 g/mol. The third-order valence-corrected chi connectivity index (χ3v) is 12.2. The number of nitrogens with zero attached hydrogens (tertiary/aromatic N) is 1. The average molecular weight is 689 g/mol. The number of thiazole rings is 1. The summed E-state index contributed by atoms with van der Waals surface area (Å²) in [6.07, 6.45) is 5.82. The Bertz CT molecular complexity index is 1200. The van der Waals surface area contributed by atoms with Gasteiger partial charge in [-0.1, -0.05) is 22.9 Å². The van der Waals surface area contributed by atoms with Crippen molar-refractivity contribution in [2.24, 2.45) is 28.9 Å². The standard InChI is InChI=1S/C26H29Br3N2O3S/c1-11-10-31-25(35-11)16(9-18(30)32)19-20-13-4-5-14-15(8-17(27)23(34-3)21(14)28)12(13)6-7-26(20,2)24(33)22(19)29/h8,10,12-13,16,19-20,22H,4-7,9H2,1-3H3,(H2,30,32)/t12?,13?,16?,19-,20?,22?,26+/m1/s1. The summed E-state index contributed by atoms with van der Waals surface area (Å²) in [7, 11) is 1.69. The molecule has 3 aliphatic rings. The van der Waals surface area contributed by atoms with Crippen LogP contribution in [0.1, 0.15) is 65.5 Å². The van der Waals surface area contributed by atoms with Crippen molar-refractivity contribution in [2.45, 2.75) is 62.6 Å². The number of primary amides is 1. The molecule has 0 spiro atoms. The summed E-state index contributed by atoms with van der Waals surface area (Å²) in [5.41, 5.74) is 8.01. The molecule has 2 N–H and O–H groups in total. The Balaban J connectivity index is 1.61. The Morgan fingerprint density at radius 3 is 2.74 bits per heavy atom. The molecule has 1 amide bonds. The highest BCUT2D eigenvalue weighted by molar-refractivity contribution is 9.11. The molecule has 188 valence electrons. The predicted molar refractivity (Wildman–Crippen MR) is 148 cm³/mol. The van der Waals surface area contributed by atoms with Gasteiger partial charge in [-0.15, -0.1) is 11.3 Å². The molecule has 0 saturated heterocycles. The van der Waals surface area contributed by atoms with E-state index in [2.05, 4.69) is 65.8 Å². The minimum Gasteiger partial charge on any atom is -0.494 e. The zero-order valence-electron chi connectivity index (χ0n) is 19.9. The van der Waals surface area contributed by atoms with Crippen LogP contribution < -0.4 is 10.5 Å². The lowest BCUT2D eigenvalue weighted by atomic mass is 9.53. The number of rotatable bonds is 5. The molecule has 7 atom stereocenters. The highest BCUT2D eigenvalue weighted by Crippen LogP contribution is 2.65. The van der Waals surface area contributed by atoms with Gasteiger partial charge in [-0.05, 0) is 105 Å². The van der Waals surface area contributed by atoms with E-state index >= 15 is 0 Å². The third kappa shape index (κ3) is 4.07. The summed E-state index contributed by atoms with van der Waals surface area (Å²) >= 11 is 12.9. The van der Waals surface area contributed by atoms with Gasteiger partial charge in [-0.2, -0.15) is 0 Å². The van der Waals surface area contributed by atoms with Gasteiger partial charge < -0.3 is 10.5 Å². The number of carbonyl (C=O) groups excluding carboxylic acids is 2. The maximum Gasteiger partial charge on any atom is 0.218 e. The lowest BCUT2D eigenvalue weighted by Crippen LogP contribution is -2.45. The van der Waals surface area contributed by atoms with Gasteiger partial charge in [0, 0.05) is 28.8 Å². The van der Waals surface area contributed by atoms with E-state index in [1.807, 2.05) is 13.1 Å². The number of hydrogen-bond donors (Lipinski definition) is 1. The number of aromatic nitrogens is 1. The molecule has 35 heavy (non-hydrogen) atoms. The van der Waals surface area contributed by atoms with Gasteiger partial charge in [0.05, 0.1) is 25.9 Å². The van der Waals surface area contributed by atoms with Gasteiger partial charge in [-0.3, -0.25) is 9.59 Å². The minimum absolute atomic E-state index is 0.0231. The number of aryl methyl sites for hydroxylation is 1. The topological polar surface area (TPSA) is 82.3 Å². The Morgan fingerprint density at radius 2 is 2.11 bits per heavy atom. The van der Waals surface area contributed by atoms with Gasteiger partial charge in [0.2, 0.25) is 5.91 Å². The molecule has 0 bridgehead atoms. The normalized spacial score (nSPS) is 32.5. The van der Waals surface area contributed by atoms with E-state index in [0.717, 1.165) is 50.3 Å². The minimum atomic E-state index is -0.416. The van der Waals surface area contributed by atoms with Crippen molar-refractivity contribution in [2.75, 3.05) is 7.11 Å². The van der Waals surface area contributed by atoms with Crippen molar-refractivity contribution < 1.29 is 14.3 Å². The Morgan fingerprint density at radius 1 is 1.37 bits per heavy atom. The number of nitrogens with two attached hydrogens (primary N) is 1. The number of fused-ring (bicyclic) bond motifs is 5. The van der Waals surface area contributed by atoms with E-state index in [0.29, 0.717) is 11.8 Å². The number of benzene rings is 1. The molecule has 1 aromatic carbocycles. The lowest BCUT2D eigenvalue weighted by molar-refractivity contribution is -0.129. The average Bonchev–Trinajstić information content (AvgIpc) is 3.32. The Hall–Kier alpha value is -0.770. The van der Waals surface area contributed by atoms with Gasteiger partial charge in [-0.25, -0.2) is 4.98 Å². The van der Waals surface area contributed by atoms with Crippen molar-refractivity contribution in [3.8, 4) is 5.75 Å². The van der Waals surface area contributed by atoms with E-state index in [1.165, 1.54) is 11.1 Å². The number of ether oxygens (including phenoxy) is 1. The van der Waals surface area contributed by atoms with Crippen LogP contribution in [-0.4, -0.2) is 28.6 Å². The van der Waals surface area contributed by atoms with Crippen LogP contribution in [0.15, 0.2) is 21.2 Å². The quantitative estimate of drug-likeness (QED) is 0.356. The van der Waals surface area contributed by atoms with E-state index in [-0.39, 0.29) is 40.7 Å². The first-order valence-electron chi connectivity index (χ1n) is 12.0. The fourth-order valence-corrected chi connectivity index (χ4v) is 11.2. The number of carbonyl (C=O) groups is 2. The molecule has 1 heterocycles. The highest BCUT2D eigenvalue weighted by Gasteiger charge is 2.64. The smallest absolute Gasteiger partial charge is 0.218 e. The SMILES string of the molecule is COc1c(Br)cc2c(c1Br)CCC1C2CC[C@]2(C)C(=O)C(Br)[C@H](C(CC(N)=O)c3ncc(C)s3)C12. The molecule has 2 saturated carbocycles. The molecule has 1 aromatic heterocycles. The molecule has 2 fully saturated rings. The van der Waals surface area contributed by atoms with Crippen molar-refractivity contribution in [1.29, 1.82) is 0 Å². The number of hydrogen-bond acceptors (Lipinski definition) is 5. The maximum absolute atomic E-state index is 13.8. The summed E-state index contributed by atoms with van der Waals surface area (Å²) in [6.45, 7) is 4.19. The summed E-state index contributed by atoms with van der Waals surface area (Å²) in [6, 6.07) is 2.22. The van der Waals surface area contributed by atoms with Crippen LogP contribution in [-0.2, 0) is 16.0 Å². The molecule has 3 aliphatic carbocycles. The first-order valence-corrected chi connectivity index (χ1v) is 15.3. The number of halogens is 3. The number of methoxy groups -OCH3 is 1. The van der Waals surface area contributed by atoms with Crippen LogP contribution in [0.25, 0.3) is 0 Å². The first-order chi connectivity index (χ1) is 16.6. The number of ketones is 1. The monoisotopic (exact) mass is 686 g/mol. The molecule has 5 rings (SSSR count). The van der Waals surface area contributed by atoms with E-state index in [9.17, 15) is 9.59 Å². The van der Waals surface area contributed by atoms with Crippen LogP contribution in [0.5, 0.6) is 5.75 Å². The zero-order valence-corrected chi connectivity index (χ0v) is 25.5. The second kappa shape index (κ2) is 9.52. The van der Waals surface area contributed by atoms with Gasteiger partial charge in [0.15, 0.2) is 5.78 Å². The van der Waals surface area contributed by atoms with Crippen LogP contribution in [0.2, 0.25) is 0 Å². The van der Waals surface area contributed by atoms with E-state index in [4.69, 9.17) is 10.5 Å². The summed E-state index contributed by atoms with van der Waals surface area (Å²) in [5.74, 6) is 1.43. The van der Waals surface area contributed by atoms with Crippen molar-refractivity contribution in [1.82, 2.24) is 4.98 Å². The molecule has 5 nitrogen and oxygen atoms in total. The summed E-state index contributed by atoms with van der Waals surface area (Å²) < 4.78 is 7.61. The molecule has 5 unspecified atom stereocenters. The second-order valence-electron chi connectivity index (χ2n) is 10.5. The zero-order chi connectivity index (χ0) is 25.2. The van der Waals surface area contributed by atoms with Crippen LogP contribution >= 0.6 is 59.1 Å². The number of alkyl halides is 1. The molecular formula is C26H29Br3N2O3S. The highest BCUT2D eigenvalue weighted by atomic mass is 79.9. The molecule has 0 aliphatic heterocycles. The lowest BCUT2D eigenvalue weighted by Gasteiger charge is -2.50. The van der Waals surface area contributed by atoms with E-state index < -0.39 is 5.41 Å². The van der Waals surface area contributed by atoms with Crippen LogP contribution in [0.4, 0.5) is 0 Å². The Kier molecular flexibility index (Phi) is 7.03. The van der Waals surface area contributed by atoms with Crippen LogP contribution in [0.3, 0.4) is 0 Å². The second-order valence-corrected chi connectivity index (χ2v) is 14.4. The first kappa shape index (κ1) is 25.9. The van der Waals surface area contributed by atoms with Gasteiger partial charge in [0.25, 0.3) is 0 Å². The fraction of sp³-hybridized carbons (Fsp3) is 0.577. The largest absolute Gasteiger partial charge is 0.494 e. The van der Waals surface area contributed by atoms with Crippen LogP contribution in [0, 0.1) is 30.1 Å². The molecule has 2 aromatic rings. The molecule has 9 heteroatoms. The number of Topliss-reactive ketones (excluding diaryl/α,β-unsaturated/α-hetero) is 1. The van der Waals surface area contributed by atoms with Crippen molar-refractivity contribution >= 4 is 70.8 Å². The Labute approximate surface area is 235 Å². The molecule has 0 radical (unpaired) electrons. The van der Waals surface area contributed by atoms with Gasteiger partial charge in [0.1, 0.15) is 5.75 Å². The maximum atomic E-state index is 13.8. The summed E-state index contributed by atoms with van der Waals surface area (Å²) in [5, 5.41) is 0.918. The van der Waals surface area contributed by atoms with Crippen molar-refractivity contribution in [3.05, 3.63) is 42.2 Å². The van der Waals surface area contributed by atoms with E-state index in [1.54, 1.807) is 18.4 Å².